The maximum Gasteiger partial charge on any atom is 0.322 e. The summed E-state index contributed by atoms with van der Waals surface area (Å²) in [5, 5.41) is 11.0. The molecule has 0 unspecified atom stereocenters. The van der Waals surface area contributed by atoms with Gasteiger partial charge in [-0.3, -0.25) is 4.79 Å². The molecule has 0 spiro atoms. The molecule has 0 fully saturated rings. The topological polar surface area (TPSA) is 49.3 Å². The van der Waals surface area contributed by atoms with Crippen molar-refractivity contribution in [3.63, 3.8) is 0 Å². The molecule has 17 heavy (non-hydrogen) atoms. The number of rotatable bonds is 7. The molecular formula is C13H16FNO2. The zero-order valence-electron chi connectivity index (χ0n) is 9.53. The second-order valence-electron chi connectivity index (χ2n) is 3.70. The highest BCUT2D eigenvalue weighted by Gasteiger charge is 1.93. The lowest BCUT2D eigenvalue weighted by molar-refractivity contribution is -0.135. The summed E-state index contributed by atoms with van der Waals surface area (Å²) in [6, 6.07) is 6.47. The van der Waals surface area contributed by atoms with Crippen LogP contribution in [0.25, 0.3) is 0 Å². The molecule has 0 aromatic heterocycles. The molecule has 0 radical (unpaired) electrons. The molecule has 2 N–H and O–H groups in total. The van der Waals surface area contributed by atoms with Crippen LogP contribution in [0, 0.1) is 5.82 Å². The van der Waals surface area contributed by atoms with Crippen molar-refractivity contribution in [2.45, 2.75) is 19.3 Å². The Labute approximate surface area is 100.0 Å². The number of hydrogen-bond acceptors (Lipinski definition) is 2. The Hall–Kier alpha value is -1.84. The first kappa shape index (κ1) is 13.2. The van der Waals surface area contributed by atoms with Crippen molar-refractivity contribution >= 4 is 5.97 Å². The Balaban J connectivity index is 2.11. The van der Waals surface area contributed by atoms with Gasteiger partial charge in [0.2, 0.25) is 0 Å². The van der Waals surface area contributed by atoms with Gasteiger partial charge in [0, 0.05) is 0 Å². The fourth-order valence-corrected chi connectivity index (χ4v) is 1.39. The second-order valence-corrected chi connectivity index (χ2v) is 3.70. The predicted molar refractivity (Wildman–Crippen MR) is 64.1 cm³/mol. The Bertz CT molecular complexity index is 374. The first-order valence-electron chi connectivity index (χ1n) is 5.53. The molecule has 0 atom stereocenters. The van der Waals surface area contributed by atoms with Gasteiger partial charge in [-0.2, -0.15) is 0 Å². The number of nitrogens with one attached hydrogen (secondary N) is 1. The zero-order chi connectivity index (χ0) is 12.5. The van der Waals surface area contributed by atoms with Gasteiger partial charge in [-0.1, -0.05) is 18.2 Å². The van der Waals surface area contributed by atoms with Crippen molar-refractivity contribution < 1.29 is 14.3 Å². The van der Waals surface area contributed by atoms with Gasteiger partial charge in [0.15, 0.2) is 0 Å². The molecule has 0 heterocycles. The number of aliphatic carboxylic acids is 1. The Morgan fingerprint density at radius 1 is 1.35 bits per heavy atom. The Morgan fingerprint density at radius 2 is 2.06 bits per heavy atom. The van der Waals surface area contributed by atoms with Gasteiger partial charge < -0.3 is 10.4 Å². The quantitative estimate of drug-likeness (QED) is 0.716. The number of carboxylic acids is 1. The third-order valence-electron chi connectivity index (χ3n) is 2.24. The van der Waals surface area contributed by atoms with Crippen LogP contribution < -0.4 is 5.32 Å². The van der Waals surface area contributed by atoms with Crippen LogP contribution in [0.5, 0.6) is 0 Å². The van der Waals surface area contributed by atoms with E-state index in [9.17, 15) is 9.18 Å². The summed E-state index contributed by atoms with van der Waals surface area (Å²) in [6.07, 6.45) is 6.26. The van der Waals surface area contributed by atoms with Crippen molar-refractivity contribution in [3.8, 4) is 0 Å². The first-order valence-corrected chi connectivity index (χ1v) is 5.53. The van der Waals surface area contributed by atoms with Crippen molar-refractivity contribution in [2.75, 3.05) is 6.54 Å². The van der Waals surface area contributed by atoms with Gasteiger partial charge in [0.05, 0.1) is 0 Å². The minimum absolute atomic E-state index is 0.0610. The highest BCUT2D eigenvalue weighted by Crippen LogP contribution is 2.06. The van der Waals surface area contributed by atoms with Gasteiger partial charge in [-0.15, -0.1) is 0 Å². The Kier molecular flexibility index (Phi) is 5.79. The van der Waals surface area contributed by atoms with Crippen LogP contribution in [0.2, 0.25) is 0 Å². The third kappa shape index (κ3) is 6.35. The molecule has 1 aromatic carbocycles. The van der Waals surface area contributed by atoms with Crippen molar-refractivity contribution in [2.24, 2.45) is 0 Å². The van der Waals surface area contributed by atoms with Crippen LogP contribution in [0.1, 0.15) is 18.4 Å². The van der Waals surface area contributed by atoms with E-state index in [1.807, 2.05) is 6.08 Å². The van der Waals surface area contributed by atoms with Gasteiger partial charge in [-0.05, 0) is 43.2 Å². The van der Waals surface area contributed by atoms with Crippen molar-refractivity contribution in [1.29, 1.82) is 0 Å². The number of aryl methyl sites for hydroxylation is 1. The molecule has 4 heteroatoms. The van der Waals surface area contributed by atoms with E-state index >= 15 is 0 Å². The largest absolute Gasteiger partial charge is 0.480 e. The van der Waals surface area contributed by atoms with Gasteiger partial charge in [-0.25, -0.2) is 4.39 Å². The number of benzene rings is 1. The van der Waals surface area contributed by atoms with E-state index in [0.29, 0.717) is 0 Å². The molecule has 0 saturated carbocycles. The maximum atomic E-state index is 12.6. The number of halogens is 1. The van der Waals surface area contributed by atoms with E-state index in [4.69, 9.17) is 5.11 Å². The highest BCUT2D eigenvalue weighted by atomic mass is 19.1. The van der Waals surface area contributed by atoms with Crippen molar-refractivity contribution in [1.82, 2.24) is 5.32 Å². The molecular weight excluding hydrogens is 221 g/mol. The SMILES string of the molecule is O=C(O)CN/C=C\CCCc1ccc(F)cc1. The summed E-state index contributed by atoms with van der Waals surface area (Å²) < 4.78 is 12.6. The summed E-state index contributed by atoms with van der Waals surface area (Å²) >= 11 is 0. The lowest BCUT2D eigenvalue weighted by Gasteiger charge is -1.99. The molecule has 1 aromatic rings. The summed E-state index contributed by atoms with van der Waals surface area (Å²) in [6.45, 7) is -0.0610. The van der Waals surface area contributed by atoms with E-state index < -0.39 is 5.97 Å². The fraction of sp³-hybridized carbons (Fsp3) is 0.308. The predicted octanol–water partition coefficient (Wildman–Crippen LogP) is 2.34. The first-order chi connectivity index (χ1) is 8.18. The van der Waals surface area contributed by atoms with E-state index in [0.717, 1.165) is 24.8 Å². The average Bonchev–Trinajstić information content (AvgIpc) is 2.30. The summed E-state index contributed by atoms with van der Waals surface area (Å²) in [5.74, 6) is -1.09. The summed E-state index contributed by atoms with van der Waals surface area (Å²) in [5.41, 5.74) is 1.11. The number of hydrogen-bond donors (Lipinski definition) is 2. The van der Waals surface area contributed by atoms with Crippen LogP contribution >= 0.6 is 0 Å². The molecule has 0 bridgehead atoms. The number of allylic oxidation sites excluding steroid dienone is 1. The van der Waals surface area contributed by atoms with E-state index in [1.165, 1.54) is 12.1 Å². The van der Waals surface area contributed by atoms with Gasteiger partial charge in [0.1, 0.15) is 12.4 Å². The van der Waals surface area contributed by atoms with Crippen molar-refractivity contribution in [3.05, 3.63) is 47.9 Å². The highest BCUT2D eigenvalue weighted by molar-refractivity contribution is 5.69. The minimum atomic E-state index is -0.874. The molecule has 0 saturated heterocycles. The number of carbonyl (C=O) groups is 1. The van der Waals surface area contributed by atoms with Crippen LogP contribution in [0.4, 0.5) is 4.39 Å². The van der Waals surface area contributed by atoms with E-state index in [1.54, 1.807) is 18.3 Å². The number of carboxylic acid groups (broad SMARTS) is 1. The normalized spacial score (nSPS) is 10.6. The van der Waals surface area contributed by atoms with Gasteiger partial charge >= 0.3 is 5.97 Å². The monoisotopic (exact) mass is 237 g/mol. The molecule has 0 aliphatic heterocycles. The summed E-state index contributed by atoms with van der Waals surface area (Å²) in [4.78, 5) is 10.2. The lowest BCUT2D eigenvalue weighted by Crippen LogP contribution is -2.16. The lowest BCUT2D eigenvalue weighted by atomic mass is 10.1. The third-order valence-corrected chi connectivity index (χ3v) is 2.24. The smallest absolute Gasteiger partial charge is 0.322 e. The van der Waals surface area contributed by atoms with E-state index in [2.05, 4.69) is 5.32 Å². The number of unbranched alkanes of at least 4 members (excludes halogenated alkanes) is 1. The minimum Gasteiger partial charge on any atom is -0.480 e. The van der Waals surface area contributed by atoms with Crippen LogP contribution in [-0.4, -0.2) is 17.6 Å². The molecule has 0 aliphatic rings. The van der Waals surface area contributed by atoms with E-state index in [-0.39, 0.29) is 12.4 Å². The molecule has 92 valence electrons. The van der Waals surface area contributed by atoms with Crippen LogP contribution in [-0.2, 0) is 11.2 Å². The molecule has 3 nitrogen and oxygen atoms in total. The van der Waals surface area contributed by atoms with Crippen LogP contribution in [0.3, 0.4) is 0 Å². The average molecular weight is 237 g/mol. The second kappa shape index (κ2) is 7.44. The Morgan fingerprint density at radius 3 is 2.71 bits per heavy atom. The molecule has 1 rings (SSSR count). The maximum absolute atomic E-state index is 12.6. The van der Waals surface area contributed by atoms with Crippen LogP contribution in [0.15, 0.2) is 36.5 Å². The standard InChI is InChI=1S/C13H16FNO2/c14-12-7-5-11(6-8-12)4-2-1-3-9-15-10-13(16)17/h3,5-9,15H,1-2,4,10H2,(H,16,17)/b9-3-. The summed E-state index contributed by atoms with van der Waals surface area (Å²) in [7, 11) is 0. The zero-order valence-corrected chi connectivity index (χ0v) is 9.53. The molecule has 0 amide bonds. The fourth-order valence-electron chi connectivity index (χ4n) is 1.39. The molecule has 0 aliphatic carbocycles. The van der Waals surface area contributed by atoms with Gasteiger partial charge in [0.25, 0.3) is 0 Å².